The van der Waals surface area contributed by atoms with Crippen LogP contribution in [0.2, 0.25) is 0 Å². The lowest BCUT2D eigenvalue weighted by Crippen LogP contribution is -2.39. The number of hydrogen-bond acceptors (Lipinski definition) is 6. The molecule has 8 nitrogen and oxygen atoms in total. The van der Waals surface area contributed by atoms with Gasteiger partial charge in [0, 0.05) is 41.2 Å². The first-order valence-electron chi connectivity index (χ1n) is 13.2. The number of likely N-dealkylation sites (tertiary alicyclic amines) is 1. The Hall–Kier alpha value is -2.27. The Labute approximate surface area is 222 Å². The molecule has 1 aliphatic carbocycles. The van der Waals surface area contributed by atoms with E-state index in [0.717, 1.165) is 24.2 Å². The molecule has 37 heavy (non-hydrogen) atoms. The summed E-state index contributed by atoms with van der Waals surface area (Å²) >= 11 is 1.93. The van der Waals surface area contributed by atoms with Crippen LogP contribution < -0.4 is 4.72 Å². The number of aromatic nitrogens is 4. The number of pyridine rings is 1. The molecule has 0 spiro atoms. The summed E-state index contributed by atoms with van der Waals surface area (Å²) in [6.45, 7) is 12.8. The minimum atomic E-state index is -3.16. The summed E-state index contributed by atoms with van der Waals surface area (Å²) in [6, 6.07) is 0.488. The van der Waals surface area contributed by atoms with Gasteiger partial charge in [-0.3, -0.25) is 4.90 Å². The summed E-state index contributed by atoms with van der Waals surface area (Å²) in [5.41, 5.74) is 8.51. The molecule has 1 unspecified atom stereocenters. The molecule has 0 aromatic carbocycles. The maximum Gasteiger partial charge on any atom is 0.212 e. The molecule has 2 fully saturated rings. The average Bonchev–Trinajstić information content (AvgIpc) is 3.67. The van der Waals surface area contributed by atoms with Gasteiger partial charge in [0.2, 0.25) is 10.0 Å². The molecule has 3 atom stereocenters. The molecule has 2 bridgehead atoms. The minimum absolute atomic E-state index is 0.179. The second-order valence-corrected chi connectivity index (χ2v) is 14.3. The monoisotopic (exact) mass is 540 g/mol. The van der Waals surface area contributed by atoms with Crippen molar-refractivity contribution in [1.82, 2.24) is 29.2 Å². The standard InChI is InChI=1S/C27H36N6O2S2/c1-14(2)22-23-17(5)25(20-10-19-9-18(20)11-32(19)7-8-37(34,35)28-6)36-27(23)31-24(22)21-12-33-26(29-13-30-33)16(4)15(21)3/h12-14,18-20,28,31H,7-11H2,1-6H3/t18-,19?,20+/m0/s1. The molecule has 1 saturated heterocycles. The predicted octanol–water partition coefficient (Wildman–Crippen LogP) is 4.71. The van der Waals surface area contributed by atoms with E-state index in [1.54, 1.807) is 6.33 Å². The van der Waals surface area contributed by atoms with Gasteiger partial charge in [-0.2, -0.15) is 5.10 Å². The van der Waals surface area contributed by atoms with Crippen molar-refractivity contribution >= 4 is 37.2 Å². The van der Waals surface area contributed by atoms with Crippen molar-refractivity contribution in [2.75, 3.05) is 25.9 Å². The Morgan fingerprint density at radius 2 is 1.97 bits per heavy atom. The van der Waals surface area contributed by atoms with Gasteiger partial charge in [0.25, 0.3) is 0 Å². The van der Waals surface area contributed by atoms with Gasteiger partial charge in [-0.05, 0) is 80.7 Å². The molecule has 4 aromatic rings. The second-order valence-electron chi connectivity index (χ2n) is 11.2. The first-order valence-corrected chi connectivity index (χ1v) is 15.7. The zero-order chi connectivity index (χ0) is 26.2. The van der Waals surface area contributed by atoms with Gasteiger partial charge in [-0.15, -0.1) is 11.3 Å². The average molecular weight is 541 g/mol. The molecule has 10 heteroatoms. The van der Waals surface area contributed by atoms with Crippen LogP contribution in [0.1, 0.15) is 65.7 Å². The van der Waals surface area contributed by atoms with Gasteiger partial charge in [0.15, 0.2) is 5.65 Å². The highest BCUT2D eigenvalue weighted by Crippen LogP contribution is 2.53. The third-order valence-electron chi connectivity index (χ3n) is 8.88. The van der Waals surface area contributed by atoms with Crippen molar-refractivity contribution < 1.29 is 8.42 Å². The van der Waals surface area contributed by atoms with E-state index in [-0.39, 0.29) is 5.75 Å². The predicted molar refractivity (Wildman–Crippen MR) is 150 cm³/mol. The number of nitrogens with zero attached hydrogens (tertiary/aromatic N) is 4. The summed E-state index contributed by atoms with van der Waals surface area (Å²) in [4.78, 5) is 13.5. The molecular weight excluding hydrogens is 504 g/mol. The van der Waals surface area contributed by atoms with Crippen LogP contribution in [0.3, 0.4) is 0 Å². The Balaban J connectivity index is 1.34. The largest absolute Gasteiger partial charge is 0.346 e. The van der Waals surface area contributed by atoms with Crippen LogP contribution in [-0.2, 0) is 10.0 Å². The fourth-order valence-corrected chi connectivity index (χ4v) is 8.94. The van der Waals surface area contributed by atoms with Crippen molar-refractivity contribution in [2.24, 2.45) is 5.92 Å². The zero-order valence-corrected chi connectivity index (χ0v) is 24.1. The van der Waals surface area contributed by atoms with Crippen LogP contribution in [0.5, 0.6) is 0 Å². The number of H-pyrrole nitrogens is 1. The van der Waals surface area contributed by atoms with Crippen molar-refractivity contribution in [1.29, 1.82) is 0 Å². The van der Waals surface area contributed by atoms with E-state index in [0.29, 0.717) is 30.3 Å². The number of hydrogen-bond donors (Lipinski definition) is 2. The molecule has 0 amide bonds. The fraction of sp³-hybridized carbons (Fsp3) is 0.556. The number of thiophene rings is 1. The summed E-state index contributed by atoms with van der Waals surface area (Å²) in [7, 11) is -1.67. The van der Waals surface area contributed by atoms with Gasteiger partial charge in [-0.25, -0.2) is 22.6 Å². The highest BCUT2D eigenvalue weighted by atomic mass is 32.2. The van der Waals surface area contributed by atoms with Crippen LogP contribution in [0, 0.1) is 26.7 Å². The van der Waals surface area contributed by atoms with E-state index in [1.165, 1.54) is 56.5 Å². The van der Waals surface area contributed by atoms with Gasteiger partial charge >= 0.3 is 0 Å². The maximum absolute atomic E-state index is 11.9. The third-order valence-corrected chi connectivity index (χ3v) is 11.6. The number of nitrogens with one attached hydrogen (secondary N) is 2. The zero-order valence-electron chi connectivity index (χ0n) is 22.4. The number of rotatable bonds is 7. The Morgan fingerprint density at radius 1 is 1.19 bits per heavy atom. The topological polar surface area (TPSA) is 95.4 Å². The van der Waals surface area contributed by atoms with Crippen LogP contribution in [0.25, 0.3) is 27.1 Å². The lowest BCUT2D eigenvalue weighted by molar-refractivity contribution is 0.211. The molecule has 1 saturated carbocycles. The number of aromatic amines is 1. The van der Waals surface area contributed by atoms with E-state index in [4.69, 9.17) is 0 Å². The van der Waals surface area contributed by atoms with Gasteiger partial charge < -0.3 is 4.98 Å². The first kappa shape index (κ1) is 25.0. The van der Waals surface area contributed by atoms with Gasteiger partial charge in [-0.1, -0.05) is 13.8 Å². The smallest absolute Gasteiger partial charge is 0.212 e. The molecule has 198 valence electrons. The van der Waals surface area contributed by atoms with Crippen LogP contribution in [-0.4, -0.2) is 64.8 Å². The lowest BCUT2D eigenvalue weighted by atomic mass is 9.88. The molecule has 1 aliphatic heterocycles. The van der Waals surface area contributed by atoms with Gasteiger partial charge in [0.05, 0.1) is 11.4 Å². The van der Waals surface area contributed by atoms with E-state index >= 15 is 0 Å². The molecule has 2 N–H and O–H groups in total. The molecule has 2 aliphatic rings. The minimum Gasteiger partial charge on any atom is -0.346 e. The molecule has 5 heterocycles. The Bertz CT molecular complexity index is 1610. The normalized spacial score (nSPS) is 22.4. The Kier molecular flexibility index (Phi) is 6.02. The number of piperidine rings is 1. The maximum atomic E-state index is 11.9. The van der Waals surface area contributed by atoms with E-state index < -0.39 is 10.0 Å². The Morgan fingerprint density at radius 3 is 2.65 bits per heavy atom. The third kappa shape index (κ3) is 3.95. The highest BCUT2D eigenvalue weighted by Gasteiger charge is 2.46. The quantitative estimate of drug-likeness (QED) is 0.354. The summed E-state index contributed by atoms with van der Waals surface area (Å²) in [5.74, 6) is 1.72. The van der Waals surface area contributed by atoms with Crippen LogP contribution >= 0.6 is 11.3 Å². The van der Waals surface area contributed by atoms with Crippen molar-refractivity contribution in [2.45, 2.75) is 65.3 Å². The van der Waals surface area contributed by atoms with Crippen LogP contribution in [0.15, 0.2) is 12.5 Å². The van der Waals surface area contributed by atoms with E-state index in [9.17, 15) is 8.42 Å². The lowest BCUT2D eigenvalue weighted by Gasteiger charge is -2.31. The highest BCUT2D eigenvalue weighted by molar-refractivity contribution is 7.89. The van der Waals surface area contributed by atoms with Crippen molar-refractivity contribution in [3.8, 4) is 11.3 Å². The first-order chi connectivity index (χ1) is 17.6. The SMILES string of the molecule is CNS(=O)(=O)CCN1C[C@@H]2CC1C[C@H]2c1sc2[nH]c(-c3cn4ncnc4c(C)c3C)c(C(C)C)c2c1C. The molecular formula is C27H36N6O2S2. The van der Waals surface area contributed by atoms with Crippen LogP contribution in [0.4, 0.5) is 0 Å². The summed E-state index contributed by atoms with van der Waals surface area (Å²) in [6.07, 6.45) is 6.03. The summed E-state index contributed by atoms with van der Waals surface area (Å²) in [5, 5.41) is 5.81. The fourth-order valence-electron chi connectivity index (χ4n) is 6.83. The van der Waals surface area contributed by atoms with Crippen molar-refractivity contribution in [3.63, 3.8) is 0 Å². The second kappa shape index (κ2) is 8.90. The summed E-state index contributed by atoms with van der Waals surface area (Å²) < 4.78 is 28.2. The number of sulfonamides is 1. The number of aryl methyl sites for hydroxylation is 2. The molecule has 0 radical (unpaired) electrons. The van der Waals surface area contributed by atoms with E-state index in [2.05, 4.69) is 65.5 Å². The van der Waals surface area contributed by atoms with E-state index in [1.807, 2.05) is 15.9 Å². The van der Waals surface area contributed by atoms with Crippen molar-refractivity contribution in [3.05, 3.63) is 39.7 Å². The molecule has 6 rings (SSSR count). The van der Waals surface area contributed by atoms with Gasteiger partial charge in [0.1, 0.15) is 11.2 Å². The number of fused-ring (bicyclic) bond motifs is 4. The molecule has 4 aromatic heterocycles.